The van der Waals surface area contributed by atoms with E-state index in [1.54, 1.807) is 6.20 Å². The Morgan fingerprint density at radius 2 is 2.10 bits per heavy atom. The maximum absolute atomic E-state index is 5.73. The van der Waals surface area contributed by atoms with Gasteiger partial charge in [0.25, 0.3) is 0 Å². The van der Waals surface area contributed by atoms with Gasteiger partial charge in [-0.1, -0.05) is 0 Å². The number of benzene rings is 1. The number of nitrogens with zero attached hydrogens (tertiary/aromatic N) is 3. The molecular weight excluding hydrogens is 264 g/mol. The molecule has 0 aliphatic rings. The van der Waals surface area contributed by atoms with Crippen LogP contribution in [0.15, 0.2) is 42.9 Å². The summed E-state index contributed by atoms with van der Waals surface area (Å²) in [7, 11) is 0. The molecule has 0 bridgehead atoms. The minimum Gasteiger partial charge on any atom is -0.491 e. The Morgan fingerprint density at radius 1 is 1.24 bits per heavy atom. The zero-order chi connectivity index (χ0) is 14.8. The number of ether oxygens (including phenoxy) is 1. The molecule has 21 heavy (non-hydrogen) atoms. The number of rotatable bonds is 5. The molecular formula is C16H20N4O. The van der Waals surface area contributed by atoms with Crippen molar-refractivity contribution in [3.8, 4) is 5.75 Å². The lowest BCUT2D eigenvalue weighted by molar-refractivity contribution is 0.243. The highest BCUT2D eigenvalue weighted by Crippen LogP contribution is 2.23. The average Bonchev–Trinajstić information content (AvgIpc) is 3.01. The SMILES string of the molecule is CC(C)Oc1ccc2c(ccn2CCn2cc(N)cn2)c1. The molecule has 5 heteroatoms. The summed E-state index contributed by atoms with van der Waals surface area (Å²) in [6.07, 6.45) is 5.80. The zero-order valence-corrected chi connectivity index (χ0v) is 12.4. The molecule has 0 saturated carbocycles. The molecule has 1 aromatic carbocycles. The largest absolute Gasteiger partial charge is 0.491 e. The predicted octanol–water partition coefficient (Wildman–Crippen LogP) is 2.91. The van der Waals surface area contributed by atoms with E-state index in [0.29, 0.717) is 5.69 Å². The van der Waals surface area contributed by atoms with Gasteiger partial charge in [0.2, 0.25) is 0 Å². The van der Waals surface area contributed by atoms with Crippen LogP contribution in [0.3, 0.4) is 0 Å². The Kier molecular flexibility index (Phi) is 3.56. The lowest BCUT2D eigenvalue weighted by Gasteiger charge is -2.10. The van der Waals surface area contributed by atoms with E-state index in [1.165, 1.54) is 10.9 Å². The molecule has 0 fully saturated rings. The number of nitrogen functional groups attached to an aromatic ring is 1. The molecule has 3 rings (SSSR count). The van der Waals surface area contributed by atoms with Gasteiger partial charge in [0.05, 0.1) is 24.5 Å². The number of aromatic nitrogens is 3. The van der Waals surface area contributed by atoms with Crippen LogP contribution < -0.4 is 10.5 Å². The third-order valence-corrected chi connectivity index (χ3v) is 3.34. The smallest absolute Gasteiger partial charge is 0.120 e. The van der Waals surface area contributed by atoms with Crippen molar-refractivity contribution in [2.75, 3.05) is 5.73 Å². The standard InChI is InChI=1S/C16H20N4O/c1-12(2)21-15-3-4-16-13(9-15)5-6-19(16)7-8-20-11-14(17)10-18-20/h3-6,9-12H,7-8,17H2,1-2H3. The number of aryl methyl sites for hydroxylation is 2. The third kappa shape index (κ3) is 3.02. The van der Waals surface area contributed by atoms with Crippen molar-refractivity contribution in [2.45, 2.75) is 33.0 Å². The summed E-state index contributed by atoms with van der Waals surface area (Å²) in [5.41, 5.74) is 7.57. The predicted molar refractivity (Wildman–Crippen MR) is 84.3 cm³/mol. The van der Waals surface area contributed by atoms with Crippen molar-refractivity contribution in [3.63, 3.8) is 0 Å². The molecule has 3 aromatic rings. The fourth-order valence-electron chi connectivity index (χ4n) is 2.43. The van der Waals surface area contributed by atoms with Gasteiger partial charge in [-0.2, -0.15) is 5.10 Å². The van der Waals surface area contributed by atoms with Gasteiger partial charge in [-0.25, -0.2) is 0 Å². The summed E-state index contributed by atoms with van der Waals surface area (Å²) in [5.74, 6) is 0.912. The number of fused-ring (bicyclic) bond motifs is 1. The first kappa shape index (κ1) is 13.5. The third-order valence-electron chi connectivity index (χ3n) is 3.34. The quantitative estimate of drug-likeness (QED) is 0.783. The molecule has 0 aliphatic heterocycles. The van der Waals surface area contributed by atoms with E-state index in [9.17, 15) is 0 Å². The highest BCUT2D eigenvalue weighted by atomic mass is 16.5. The van der Waals surface area contributed by atoms with Crippen molar-refractivity contribution < 1.29 is 4.74 Å². The molecule has 2 heterocycles. The van der Waals surface area contributed by atoms with Crippen molar-refractivity contribution in [1.29, 1.82) is 0 Å². The summed E-state index contributed by atoms with van der Waals surface area (Å²) in [5, 5.41) is 5.39. The van der Waals surface area contributed by atoms with Crippen molar-refractivity contribution in [1.82, 2.24) is 14.3 Å². The van der Waals surface area contributed by atoms with Crippen molar-refractivity contribution in [2.24, 2.45) is 0 Å². The van der Waals surface area contributed by atoms with E-state index in [4.69, 9.17) is 10.5 Å². The monoisotopic (exact) mass is 284 g/mol. The molecule has 0 saturated heterocycles. The Bertz CT molecular complexity index is 742. The highest BCUT2D eigenvalue weighted by Gasteiger charge is 2.04. The van der Waals surface area contributed by atoms with Crippen molar-refractivity contribution >= 4 is 16.6 Å². The molecule has 0 radical (unpaired) electrons. The maximum atomic E-state index is 5.73. The number of hydrogen-bond acceptors (Lipinski definition) is 3. The fourth-order valence-corrected chi connectivity index (χ4v) is 2.43. The minimum absolute atomic E-state index is 0.190. The topological polar surface area (TPSA) is 58.0 Å². The van der Waals surface area contributed by atoms with E-state index in [2.05, 4.69) is 34.1 Å². The van der Waals surface area contributed by atoms with Gasteiger partial charge >= 0.3 is 0 Å². The van der Waals surface area contributed by atoms with Gasteiger partial charge in [0.15, 0.2) is 0 Å². The van der Waals surface area contributed by atoms with Gasteiger partial charge in [-0.05, 0) is 38.1 Å². The average molecular weight is 284 g/mol. The summed E-state index contributed by atoms with van der Waals surface area (Å²) >= 11 is 0. The molecule has 2 N–H and O–H groups in total. The molecule has 0 aliphatic carbocycles. The second-order valence-corrected chi connectivity index (χ2v) is 5.43. The van der Waals surface area contributed by atoms with Crippen LogP contribution in [0.1, 0.15) is 13.8 Å². The zero-order valence-electron chi connectivity index (χ0n) is 12.4. The lowest BCUT2D eigenvalue weighted by Crippen LogP contribution is -2.07. The van der Waals surface area contributed by atoms with Gasteiger partial charge in [-0.15, -0.1) is 0 Å². The maximum Gasteiger partial charge on any atom is 0.120 e. The Labute approximate surface area is 123 Å². The first-order valence-corrected chi connectivity index (χ1v) is 7.15. The summed E-state index contributed by atoms with van der Waals surface area (Å²) in [6, 6.07) is 8.31. The van der Waals surface area contributed by atoms with Gasteiger partial charge in [-0.3, -0.25) is 4.68 Å². The van der Waals surface area contributed by atoms with Gasteiger partial charge in [0, 0.05) is 29.8 Å². The molecule has 0 atom stereocenters. The lowest BCUT2D eigenvalue weighted by atomic mass is 10.2. The Morgan fingerprint density at radius 3 is 2.81 bits per heavy atom. The number of anilines is 1. The van der Waals surface area contributed by atoms with Crippen LogP contribution in [-0.4, -0.2) is 20.5 Å². The highest BCUT2D eigenvalue weighted by molar-refractivity contribution is 5.81. The summed E-state index contributed by atoms with van der Waals surface area (Å²) < 4.78 is 9.80. The molecule has 0 amide bonds. The van der Waals surface area contributed by atoms with E-state index < -0.39 is 0 Å². The minimum atomic E-state index is 0.190. The van der Waals surface area contributed by atoms with Crippen LogP contribution in [0.4, 0.5) is 5.69 Å². The molecule has 0 spiro atoms. The van der Waals surface area contributed by atoms with E-state index in [-0.39, 0.29) is 6.10 Å². The molecule has 2 aromatic heterocycles. The van der Waals surface area contributed by atoms with E-state index in [0.717, 1.165) is 18.8 Å². The van der Waals surface area contributed by atoms with E-state index in [1.807, 2.05) is 30.8 Å². The van der Waals surface area contributed by atoms with Crippen molar-refractivity contribution in [3.05, 3.63) is 42.9 Å². The first-order chi connectivity index (χ1) is 10.1. The second-order valence-electron chi connectivity index (χ2n) is 5.43. The molecule has 5 nitrogen and oxygen atoms in total. The van der Waals surface area contributed by atoms with Crippen LogP contribution in [0, 0.1) is 0 Å². The number of nitrogens with two attached hydrogens (primary N) is 1. The van der Waals surface area contributed by atoms with E-state index >= 15 is 0 Å². The molecule has 0 unspecified atom stereocenters. The van der Waals surface area contributed by atoms with Gasteiger partial charge < -0.3 is 15.0 Å². The fraction of sp³-hybridized carbons (Fsp3) is 0.312. The van der Waals surface area contributed by atoms with Crippen LogP contribution in [0.2, 0.25) is 0 Å². The van der Waals surface area contributed by atoms with Crippen LogP contribution >= 0.6 is 0 Å². The van der Waals surface area contributed by atoms with Crippen LogP contribution in [0.5, 0.6) is 5.75 Å². The Hall–Kier alpha value is -2.43. The summed E-state index contributed by atoms with van der Waals surface area (Å²) in [4.78, 5) is 0. The Balaban J connectivity index is 1.77. The normalized spacial score (nSPS) is 11.4. The second kappa shape index (κ2) is 5.52. The first-order valence-electron chi connectivity index (χ1n) is 7.15. The number of hydrogen-bond donors (Lipinski definition) is 1. The molecule has 110 valence electrons. The van der Waals surface area contributed by atoms with Crippen LogP contribution in [-0.2, 0) is 13.1 Å². The van der Waals surface area contributed by atoms with Crippen LogP contribution in [0.25, 0.3) is 10.9 Å². The van der Waals surface area contributed by atoms with Gasteiger partial charge in [0.1, 0.15) is 5.75 Å². The summed E-state index contributed by atoms with van der Waals surface area (Å²) in [6.45, 7) is 5.72.